The Hall–Kier alpha value is -2.95. The molecule has 1 saturated heterocycles. The molecule has 0 radical (unpaired) electrons. The Morgan fingerprint density at radius 2 is 1.96 bits per heavy atom. The van der Waals surface area contributed by atoms with Crippen LogP contribution in [0.4, 0.5) is 0 Å². The molecule has 2 heterocycles. The lowest BCUT2D eigenvalue weighted by molar-refractivity contribution is -0.129. The lowest BCUT2D eigenvalue weighted by atomic mass is 10.1. The van der Waals surface area contributed by atoms with Crippen molar-refractivity contribution in [3.63, 3.8) is 0 Å². The van der Waals surface area contributed by atoms with Crippen LogP contribution in [0.1, 0.15) is 18.4 Å². The summed E-state index contributed by atoms with van der Waals surface area (Å²) in [6.45, 7) is 1.75. The molecule has 3 aromatic rings. The molecule has 134 valence electrons. The Morgan fingerprint density at radius 3 is 2.73 bits per heavy atom. The van der Waals surface area contributed by atoms with E-state index < -0.39 is 0 Å². The first kappa shape index (κ1) is 16.5. The third-order valence-electron chi connectivity index (χ3n) is 4.86. The van der Waals surface area contributed by atoms with Crippen LogP contribution in [-0.4, -0.2) is 36.1 Å². The number of phenols is 1. The van der Waals surface area contributed by atoms with Crippen LogP contribution < -0.4 is 4.74 Å². The Kier molecular flexibility index (Phi) is 4.29. The van der Waals surface area contributed by atoms with E-state index in [1.165, 1.54) is 7.11 Å². The number of nitrogens with zero attached hydrogens (tertiary/aromatic N) is 1. The van der Waals surface area contributed by atoms with Crippen LogP contribution in [0.3, 0.4) is 0 Å². The number of hydrogen-bond acceptors (Lipinski definition) is 4. The molecule has 1 fully saturated rings. The summed E-state index contributed by atoms with van der Waals surface area (Å²) in [5, 5.41) is 10.7. The molecule has 0 atom stereocenters. The normalized spacial score (nSPS) is 14.1. The van der Waals surface area contributed by atoms with Crippen molar-refractivity contribution < 1.29 is 19.1 Å². The van der Waals surface area contributed by atoms with Gasteiger partial charge in [-0.05, 0) is 54.8 Å². The molecule has 1 amide bonds. The van der Waals surface area contributed by atoms with Crippen LogP contribution in [-0.2, 0) is 11.2 Å². The highest BCUT2D eigenvalue weighted by Crippen LogP contribution is 2.34. The number of benzene rings is 2. The topological polar surface area (TPSA) is 62.9 Å². The maximum Gasteiger partial charge on any atom is 0.226 e. The van der Waals surface area contributed by atoms with Crippen LogP contribution in [0.25, 0.3) is 22.3 Å². The highest BCUT2D eigenvalue weighted by Gasteiger charge is 2.18. The van der Waals surface area contributed by atoms with Crippen molar-refractivity contribution in [1.82, 2.24) is 4.90 Å². The maximum atomic E-state index is 12.3. The lowest BCUT2D eigenvalue weighted by Gasteiger charge is -2.14. The minimum Gasteiger partial charge on any atom is -0.504 e. The van der Waals surface area contributed by atoms with E-state index in [9.17, 15) is 9.90 Å². The number of amides is 1. The molecule has 0 saturated carbocycles. The molecular weight excluding hydrogens is 330 g/mol. The summed E-state index contributed by atoms with van der Waals surface area (Å²) in [7, 11) is 1.52. The summed E-state index contributed by atoms with van der Waals surface area (Å²) in [4.78, 5) is 14.3. The van der Waals surface area contributed by atoms with Crippen molar-refractivity contribution in [2.75, 3.05) is 20.2 Å². The smallest absolute Gasteiger partial charge is 0.226 e. The molecule has 0 aliphatic carbocycles. The summed E-state index contributed by atoms with van der Waals surface area (Å²) in [5.74, 6) is 1.38. The Morgan fingerprint density at radius 1 is 1.15 bits per heavy atom. The van der Waals surface area contributed by atoms with Crippen molar-refractivity contribution in [3.8, 4) is 22.8 Å². The molecule has 2 aromatic carbocycles. The zero-order valence-corrected chi connectivity index (χ0v) is 14.7. The molecule has 26 heavy (non-hydrogen) atoms. The summed E-state index contributed by atoms with van der Waals surface area (Å²) >= 11 is 0. The number of carbonyl (C=O) groups is 1. The number of phenolic OH excluding ortho intramolecular Hbond substituents is 1. The van der Waals surface area contributed by atoms with Gasteiger partial charge in [-0.2, -0.15) is 0 Å². The van der Waals surface area contributed by atoms with Gasteiger partial charge in [0.15, 0.2) is 11.5 Å². The number of furan rings is 1. The SMILES string of the molecule is COc1cc(-c2cc3cc(CC(=O)N4CCCC4)ccc3o2)ccc1O. The molecule has 1 aliphatic heterocycles. The molecule has 1 N–H and O–H groups in total. The number of carbonyl (C=O) groups excluding carboxylic acids is 1. The second-order valence-corrected chi connectivity index (χ2v) is 6.63. The van der Waals surface area contributed by atoms with Gasteiger partial charge in [-0.25, -0.2) is 0 Å². The van der Waals surface area contributed by atoms with E-state index >= 15 is 0 Å². The summed E-state index contributed by atoms with van der Waals surface area (Å²) in [5.41, 5.74) is 2.58. The average molecular weight is 351 g/mol. The van der Waals surface area contributed by atoms with Crippen molar-refractivity contribution >= 4 is 16.9 Å². The van der Waals surface area contributed by atoms with Crippen LogP contribution in [0.2, 0.25) is 0 Å². The molecule has 1 aromatic heterocycles. The van der Waals surface area contributed by atoms with Crippen LogP contribution in [0.15, 0.2) is 46.9 Å². The number of methoxy groups -OCH3 is 1. The first-order valence-electron chi connectivity index (χ1n) is 8.81. The predicted molar refractivity (Wildman–Crippen MR) is 99.4 cm³/mol. The molecule has 1 aliphatic rings. The Labute approximate surface area is 151 Å². The minimum absolute atomic E-state index is 0.0927. The van der Waals surface area contributed by atoms with Gasteiger partial charge in [0.1, 0.15) is 11.3 Å². The van der Waals surface area contributed by atoms with Crippen molar-refractivity contribution in [3.05, 3.63) is 48.0 Å². The predicted octanol–water partition coefficient (Wildman–Crippen LogP) is 3.98. The first-order valence-corrected chi connectivity index (χ1v) is 8.81. The standard InChI is InChI=1S/C21H21NO4/c1-25-20-12-15(5-6-17(20)23)19-13-16-10-14(4-7-18(16)26-19)11-21(24)22-8-2-3-9-22/h4-7,10,12-13,23H,2-3,8-9,11H2,1H3. The van der Waals surface area contributed by atoms with E-state index in [0.717, 1.165) is 48.0 Å². The molecular formula is C21H21NO4. The van der Waals surface area contributed by atoms with Crippen molar-refractivity contribution in [1.29, 1.82) is 0 Å². The molecule has 4 rings (SSSR count). The minimum atomic E-state index is 0.0927. The number of ether oxygens (including phenoxy) is 1. The summed E-state index contributed by atoms with van der Waals surface area (Å²) < 4.78 is 11.1. The molecule has 0 spiro atoms. The maximum absolute atomic E-state index is 12.3. The van der Waals surface area contributed by atoms with E-state index in [1.807, 2.05) is 29.2 Å². The fourth-order valence-electron chi connectivity index (χ4n) is 3.43. The monoisotopic (exact) mass is 351 g/mol. The number of hydrogen-bond donors (Lipinski definition) is 1. The van der Waals surface area contributed by atoms with E-state index in [1.54, 1.807) is 18.2 Å². The molecule has 0 bridgehead atoms. The number of likely N-dealkylation sites (tertiary alicyclic amines) is 1. The quantitative estimate of drug-likeness (QED) is 0.772. The zero-order valence-electron chi connectivity index (χ0n) is 14.7. The van der Waals surface area contributed by atoms with Crippen molar-refractivity contribution in [2.24, 2.45) is 0 Å². The average Bonchev–Trinajstić information content (AvgIpc) is 3.31. The van der Waals surface area contributed by atoms with Gasteiger partial charge >= 0.3 is 0 Å². The van der Waals surface area contributed by atoms with Crippen molar-refractivity contribution in [2.45, 2.75) is 19.3 Å². The third-order valence-corrected chi connectivity index (χ3v) is 4.86. The van der Waals surface area contributed by atoms with Gasteiger partial charge in [-0.1, -0.05) is 6.07 Å². The van der Waals surface area contributed by atoms with E-state index in [0.29, 0.717) is 17.9 Å². The summed E-state index contributed by atoms with van der Waals surface area (Å²) in [6.07, 6.45) is 2.63. The highest BCUT2D eigenvalue weighted by atomic mass is 16.5. The second-order valence-electron chi connectivity index (χ2n) is 6.63. The second kappa shape index (κ2) is 6.75. The van der Waals surface area contributed by atoms with E-state index in [-0.39, 0.29) is 11.7 Å². The number of rotatable bonds is 4. The molecule has 0 unspecified atom stereocenters. The Balaban J connectivity index is 1.60. The van der Waals surface area contributed by atoms with Gasteiger partial charge in [0, 0.05) is 24.0 Å². The molecule has 5 heteroatoms. The zero-order chi connectivity index (χ0) is 18.1. The first-order chi connectivity index (χ1) is 12.6. The van der Waals surface area contributed by atoms with Gasteiger partial charge in [-0.3, -0.25) is 4.79 Å². The molecule has 5 nitrogen and oxygen atoms in total. The van der Waals surface area contributed by atoms with E-state index in [2.05, 4.69) is 0 Å². The third kappa shape index (κ3) is 3.12. The van der Waals surface area contributed by atoms with Gasteiger partial charge in [0.25, 0.3) is 0 Å². The van der Waals surface area contributed by atoms with Gasteiger partial charge in [-0.15, -0.1) is 0 Å². The highest BCUT2D eigenvalue weighted by molar-refractivity contribution is 5.86. The van der Waals surface area contributed by atoms with Crippen LogP contribution in [0.5, 0.6) is 11.5 Å². The largest absolute Gasteiger partial charge is 0.504 e. The van der Waals surface area contributed by atoms with Crippen LogP contribution in [0, 0.1) is 0 Å². The fraction of sp³-hybridized carbons (Fsp3) is 0.286. The Bertz CT molecular complexity index is 954. The summed E-state index contributed by atoms with van der Waals surface area (Å²) in [6, 6.07) is 12.9. The number of fused-ring (bicyclic) bond motifs is 1. The van der Waals surface area contributed by atoms with Gasteiger partial charge in [0.2, 0.25) is 5.91 Å². The fourth-order valence-corrected chi connectivity index (χ4v) is 3.43. The lowest BCUT2D eigenvalue weighted by Crippen LogP contribution is -2.28. The van der Waals surface area contributed by atoms with Gasteiger partial charge in [0.05, 0.1) is 13.5 Å². The number of aromatic hydroxyl groups is 1. The van der Waals surface area contributed by atoms with Crippen LogP contribution >= 0.6 is 0 Å². The van der Waals surface area contributed by atoms with E-state index in [4.69, 9.17) is 9.15 Å². The van der Waals surface area contributed by atoms with Gasteiger partial charge < -0.3 is 19.2 Å².